The van der Waals surface area contributed by atoms with Gasteiger partial charge in [0.1, 0.15) is 0 Å². The number of hydrogen-bond donors (Lipinski definition) is 0. The average molecular weight is 287 g/mol. The van der Waals surface area contributed by atoms with Crippen molar-refractivity contribution in [3.8, 4) is 0 Å². The van der Waals surface area contributed by atoms with Gasteiger partial charge in [-0.1, -0.05) is 48.5 Å². The molecule has 1 aliphatic rings. The van der Waals surface area contributed by atoms with Crippen LogP contribution >= 0.6 is 0 Å². The molecule has 0 aromatic heterocycles. The molecule has 20 heavy (non-hydrogen) atoms. The molecule has 0 bridgehead atoms. The van der Waals surface area contributed by atoms with Crippen molar-refractivity contribution in [3.63, 3.8) is 0 Å². The Labute approximate surface area is 119 Å². The van der Waals surface area contributed by atoms with Crippen LogP contribution in [-0.2, 0) is 16.6 Å². The van der Waals surface area contributed by atoms with Crippen LogP contribution in [0, 0.1) is 0 Å². The van der Waals surface area contributed by atoms with Crippen molar-refractivity contribution < 1.29 is 8.42 Å². The highest BCUT2D eigenvalue weighted by Gasteiger charge is 2.37. The van der Waals surface area contributed by atoms with Crippen molar-refractivity contribution in [1.29, 1.82) is 0 Å². The molecule has 0 saturated heterocycles. The van der Waals surface area contributed by atoms with Gasteiger partial charge in [-0.25, -0.2) is 8.42 Å². The number of sulfonamides is 1. The third-order valence-electron chi connectivity index (χ3n) is 3.49. The second kappa shape index (κ2) is 5.38. The summed E-state index contributed by atoms with van der Waals surface area (Å²) in [4.78, 5) is 0.378. The third-order valence-corrected chi connectivity index (χ3v) is 5.40. The molecule has 4 heteroatoms. The van der Waals surface area contributed by atoms with Gasteiger partial charge in [-0.2, -0.15) is 4.31 Å². The quantitative estimate of drug-likeness (QED) is 0.847. The summed E-state index contributed by atoms with van der Waals surface area (Å²) >= 11 is 0. The zero-order chi connectivity index (χ0) is 14.0. The Morgan fingerprint density at radius 3 is 2.00 bits per heavy atom. The van der Waals surface area contributed by atoms with Crippen LogP contribution in [0.4, 0.5) is 0 Å². The van der Waals surface area contributed by atoms with E-state index in [4.69, 9.17) is 0 Å². The van der Waals surface area contributed by atoms with Gasteiger partial charge in [0.15, 0.2) is 0 Å². The van der Waals surface area contributed by atoms with Crippen LogP contribution in [0.25, 0.3) is 0 Å². The smallest absolute Gasteiger partial charge is 0.207 e. The summed E-state index contributed by atoms with van der Waals surface area (Å²) in [7, 11) is -3.40. The van der Waals surface area contributed by atoms with Crippen molar-refractivity contribution in [2.45, 2.75) is 30.3 Å². The second-order valence-electron chi connectivity index (χ2n) is 5.08. The van der Waals surface area contributed by atoms with E-state index < -0.39 is 10.0 Å². The molecule has 104 valence electrons. The number of rotatable bonds is 5. The maximum absolute atomic E-state index is 12.7. The van der Waals surface area contributed by atoms with Gasteiger partial charge in [0.05, 0.1) is 4.90 Å². The van der Waals surface area contributed by atoms with Gasteiger partial charge in [-0.15, -0.1) is 0 Å². The van der Waals surface area contributed by atoms with Crippen molar-refractivity contribution in [2.75, 3.05) is 0 Å². The Morgan fingerprint density at radius 2 is 1.45 bits per heavy atom. The Bertz CT molecular complexity index is 664. The summed E-state index contributed by atoms with van der Waals surface area (Å²) in [6, 6.07) is 18.6. The Hall–Kier alpha value is -1.65. The number of nitrogens with zero attached hydrogens (tertiary/aromatic N) is 1. The van der Waals surface area contributed by atoms with Crippen molar-refractivity contribution in [2.24, 2.45) is 0 Å². The first kappa shape index (κ1) is 13.3. The van der Waals surface area contributed by atoms with Crippen molar-refractivity contribution in [1.82, 2.24) is 4.31 Å². The molecule has 0 aliphatic heterocycles. The molecule has 0 heterocycles. The Balaban J connectivity index is 1.91. The fraction of sp³-hybridized carbons (Fsp3) is 0.250. The summed E-state index contributed by atoms with van der Waals surface area (Å²) in [6.45, 7) is 0.447. The summed E-state index contributed by atoms with van der Waals surface area (Å²) in [5.41, 5.74) is 1.03. The third kappa shape index (κ3) is 2.76. The maximum Gasteiger partial charge on any atom is 0.243 e. The van der Waals surface area contributed by atoms with Crippen molar-refractivity contribution >= 4 is 10.0 Å². The standard InChI is InChI=1S/C16H17NO2S/c18-20(19,16-9-5-2-6-10-16)17(15-11-12-15)13-14-7-3-1-4-8-14/h1-10,15H,11-13H2. The van der Waals surface area contributed by atoms with Crippen LogP contribution in [0.1, 0.15) is 18.4 Å². The van der Waals surface area contributed by atoms with Gasteiger partial charge in [0.2, 0.25) is 10.0 Å². The molecule has 0 radical (unpaired) electrons. The normalized spacial score (nSPS) is 15.4. The second-order valence-corrected chi connectivity index (χ2v) is 6.97. The van der Waals surface area contributed by atoms with E-state index in [1.807, 2.05) is 36.4 Å². The lowest BCUT2D eigenvalue weighted by molar-refractivity contribution is 0.398. The largest absolute Gasteiger partial charge is 0.243 e. The molecular formula is C16H17NO2S. The van der Waals surface area contributed by atoms with Crippen LogP contribution < -0.4 is 0 Å². The molecule has 1 saturated carbocycles. The van der Waals surface area contributed by atoms with Crippen LogP contribution in [-0.4, -0.2) is 18.8 Å². The maximum atomic E-state index is 12.7. The predicted octanol–water partition coefficient (Wildman–Crippen LogP) is 3.04. The monoisotopic (exact) mass is 287 g/mol. The molecule has 3 rings (SSSR count). The minimum atomic E-state index is -3.40. The minimum absolute atomic E-state index is 0.153. The molecule has 1 fully saturated rings. The molecule has 0 spiro atoms. The lowest BCUT2D eigenvalue weighted by atomic mass is 10.2. The molecule has 0 amide bonds. The van der Waals surface area contributed by atoms with Crippen LogP contribution in [0.2, 0.25) is 0 Å². The van der Waals surface area contributed by atoms with E-state index in [1.165, 1.54) is 0 Å². The van der Waals surface area contributed by atoms with E-state index >= 15 is 0 Å². The van der Waals surface area contributed by atoms with Gasteiger partial charge < -0.3 is 0 Å². The number of hydrogen-bond acceptors (Lipinski definition) is 2. The van der Waals surface area contributed by atoms with Crippen LogP contribution in [0.5, 0.6) is 0 Å². The van der Waals surface area contributed by atoms with E-state index in [9.17, 15) is 8.42 Å². The SMILES string of the molecule is O=S(=O)(c1ccccc1)N(Cc1ccccc1)C1CC1. The predicted molar refractivity (Wildman–Crippen MR) is 78.6 cm³/mol. The Morgan fingerprint density at radius 1 is 0.900 bits per heavy atom. The van der Waals surface area contributed by atoms with Crippen LogP contribution in [0.15, 0.2) is 65.6 Å². The average Bonchev–Trinajstić information content (AvgIpc) is 3.31. The lowest BCUT2D eigenvalue weighted by Gasteiger charge is -2.22. The first-order chi connectivity index (χ1) is 9.68. The summed E-state index contributed by atoms with van der Waals surface area (Å²) in [5, 5.41) is 0. The van der Waals surface area contributed by atoms with E-state index in [2.05, 4.69) is 0 Å². The van der Waals surface area contributed by atoms with E-state index in [0.29, 0.717) is 11.4 Å². The van der Waals surface area contributed by atoms with Gasteiger partial charge >= 0.3 is 0 Å². The van der Waals surface area contributed by atoms with Gasteiger partial charge in [0.25, 0.3) is 0 Å². The highest BCUT2D eigenvalue weighted by molar-refractivity contribution is 7.89. The highest BCUT2D eigenvalue weighted by atomic mass is 32.2. The molecule has 1 aliphatic carbocycles. The summed E-state index contributed by atoms with van der Waals surface area (Å²) in [6.07, 6.45) is 1.91. The van der Waals surface area contributed by atoms with E-state index in [-0.39, 0.29) is 6.04 Å². The zero-order valence-electron chi connectivity index (χ0n) is 11.1. The highest BCUT2D eigenvalue weighted by Crippen LogP contribution is 2.33. The lowest BCUT2D eigenvalue weighted by Crippen LogP contribution is -2.32. The molecule has 2 aromatic rings. The molecule has 0 atom stereocenters. The van der Waals surface area contributed by atoms with E-state index in [0.717, 1.165) is 18.4 Å². The van der Waals surface area contributed by atoms with Crippen LogP contribution in [0.3, 0.4) is 0 Å². The fourth-order valence-corrected chi connectivity index (χ4v) is 3.96. The van der Waals surface area contributed by atoms with E-state index in [1.54, 1.807) is 28.6 Å². The molecule has 0 unspecified atom stereocenters. The summed E-state index contributed by atoms with van der Waals surface area (Å²) in [5.74, 6) is 0. The summed E-state index contributed by atoms with van der Waals surface area (Å²) < 4.78 is 27.1. The fourth-order valence-electron chi connectivity index (χ4n) is 2.26. The first-order valence-corrected chi connectivity index (χ1v) is 8.23. The molecular weight excluding hydrogens is 270 g/mol. The minimum Gasteiger partial charge on any atom is -0.207 e. The topological polar surface area (TPSA) is 37.4 Å². The molecule has 0 N–H and O–H groups in total. The molecule has 2 aromatic carbocycles. The molecule has 3 nitrogen and oxygen atoms in total. The Kier molecular flexibility index (Phi) is 3.59. The number of benzene rings is 2. The van der Waals surface area contributed by atoms with Gasteiger partial charge in [0, 0.05) is 12.6 Å². The van der Waals surface area contributed by atoms with Gasteiger partial charge in [-0.3, -0.25) is 0 Å². The van der Waals surface area contributed by atoms with Crippen molar-refractivity contribution in [3.05, 3.63) is 66.2 Å². The first-order valence-electron chi connectivity index (χ1n) is 6.79. The zero-order valence-corrected chi connectivity index (χ0v) is 12.0. The van der Waals surface area contributed by atoms with Gasteiger partial charge in [-0.05, 0) is 30.5 Å².